The summed E-state index contributed by atoms with van der Waals surface area (Å²) in [6.45, 7) is 0. The Kier molecular flexibility index (Phi) is 7.09. The first-order valence-corrected chi connectivity index (χ1v) is 20.1. The van der Waals surface area contributed by atoms with Crippen LogP contribution < -0.4 is 5.32 Å². The average Bonchev–Trinajstić information content (AvgIpc) is 3.95. The van der Waals surface area contributed by atoms with E-state index in [0.717, 1.165) is 33.4 Å². The molecule has 6 heteroatoms. The van der Waals surface area contributed by atoms with Crippen LogP contribution in [0.25, 0.3) is 80.6 Å². The number of para-hydroxylation sites is 2. The molecule has 0 bridgehead atoms. The Morgan fingerprint density at radius 3 is 1.96 bits per heavy atom. The Hall–Kier alpha value is -7.28. The Labute approximate surface area is 332 Å². The third kappa shape index (κ3) is 4.94. The van der Waals surface area contributed by atoms with Crippen LogP contribution in [0.1, 0.15) is 17.3 Å². The van der Waals surface area contributed by atoms with Gasteiger partial charge in [0.2, 0.25) is 5.96 Å². The third-order valence-electron chi connectivity index (χ3n) is 11.4. The second kappa shape index (κ2) is 12.6. The SMILES string of the molecule is c1ccc(C2=NC(n3c4ccccc4c4c(-c5ccc6c(c5)c5ccccc5n6-c5cccc6c5sc5ccccc56)cccc43)=NC(c3ccccc3)N2)cc1. The first kappa shape index (κ1) is 32.0. The molecule has 0 spiro atoms. The van der Waals surface area contributed by atoms with Crippen molar-refractivity contribution < 1.29 is 0 Å². The van der Waals surface area contributed by atoms with Gasteiger partial charge in [0.15, 0.2) is 0 Å². The normalized spacial score (nSPS) is 14.5. The number of nitrogens with zero attached hydrogens (tertiary/aromatic N) is 4. The lowest BCUT2D eigenvalue weighted by Gasteiger charge is -2.24. The molecule has 0 saturated carbocycles. The molecule has 0 radical (unpaired) electrons. The maximum absolute atomic E-state index is 5.29. The van der Waals surface area contributed by atoms with Crippen LogP contribution in [-0.4, -0.2) is 20.9 Å². The van der Waals surface area contributed by atoms with Crippen LogP contribution in [0.15, 0.2) is 198 Å². The van der Waals surface area contributed by atoms with Gasteiger partial charge in [-0.05, 0) is 59.2 Å². The molecular weight excluding hydrogens is 715 g/mol. The fourth-order valence-corrected chi connectivity index (χ4v) is 10.1. The summed E-state index contributed by atoms with van der Waals surface area (Å²) in [5.41, 5.74) is 10.2. The second-order valence-corrected chi connectivity index (χ2v) is 15.7. The van der Waals surface area contributed by atoms with Gasteiger partial charge in [0, 0.05) is 42.6 Å². The highest BCUT2D eigenvalue weighted by Gasteiger charge is 2.25. The summed E-state index contributed by atoms with van der Waals surface area (Å²) in [7, 11) is 0. The van der Waals surface area contributed by atoms with Crippen LogP contribution in [0.4, 0.5) is 0 Å². The highest BCUT2D eigenvalue weighted by molar-refractivity contribution is 7.26. The molecule has 11 aromatic rings. The molecule has 5 nitrogen and oxygen atoms in total. The van der Waals surface area contributed by atoms with Crippen molar-refractivity contribution in [1.29, 1.82) is 0 Å². The highest BCUT2D eigenvalue weighted by atomic mass is 32.1. The minimum absolute atomic E-state index is 0.300. The first-order valence-electron chi connectivity index (χ1n) is 19.3. The number of fused-ring (bicyclic) bond motifs is 9. The molecule has 1 unspecified atom stereocenters. The quantitative estimate of drug-likeness (QED) is 0.191. The maximum Gasteiger partial charge on any atom is 0.234 e. The molecule has 1 atom stereocenters. The molecule has 268 valence electrons. The van der Waals surface area contributed by atoms with Crippen molar-refractivity contribution in [2.24, 2.45) is 9.98 Å². The zero-order chi connectivity index (χ0) is 37.5. The largest absolute Gasteiger partial charge is 0.344 e. The van der Waals surface area contributed by atoms with E-state index in [4.69, 9.17) is 9.98 Å². The summed E-state index contributed by atoms with van der Waals surface area (Å²) >= 11 is 1.87. The number of aliphatic imine (C=N–C) groups is 2. The van der Waals surface area contributed by atoms with E-state index >= 15 is 0 Å². The molecule has 0 saturated heterocycles. The highest BCUT2D eigenvalue weighted by Crippen LogP contribution is 2.43. The molecule has 1 N–H and O–H groups in total. The van der Waals surface area contributed by atoms with Gasteiger partial charge in [-0.25, -0.2) is 4.99 Å². The summed E-state index contributed by atoms with van der Waals surface area (Å²) in [4.78, 5) is 10.5. The first-order chi connectivity index (χ1) is 28.3. The van der Waals surface area contributed by atoms with Crippen LogP contribution in [0.2, 0.25) is 0 Å². The number of benzene rings is 8. The topological polar surface area (TPSA) is 46.6 Å². The molecule has 1 aliphatic rings. The molecule has 0 amide bonds. The molecule has 4 heterocycles. The molecule has 1 aliphatic heterocycles. The van der Waals surface area contributed by atoms with Crippen molar-refractivity contribution >= 4 is 86.9 Å². The van der Waals surface area contributed by atoms with Crippen molar-refractivity contribution in [3.8, 4) is 16.8 Å². The van der Waals surface area contributed by atoms with Crippen LogP contribution in [-0.2, 0) is 0 Å². The van der Waals surface area contributed by atoms with Gasteiger partial charge in [-0.2, -0.15) is 4.99 Å². The lowest BCUT2D eigenvalue weighted by Crippen LogP contribution is -2.35. The fraction of sp³-hybridized carbons (Fsp3) is 0.0196. The Balaban J connectivity index is 1.07. The zero-order valence-corrected chi connectivity index (χ0v) is 31.5. The summed E-state index contributed by atoms with van der Waals surface area (Å²) in [6, 6.07) is 67.3. The summed E-state index contributed by atoms with van der Waals surface area (Å²) in [5, 5.41) is 11.0. The van der Waals surface area contributed by atoms with Gasteiger partial charge in [0.05, 0.1) is 32.5 Å². The molecular formula is C51H33N5S. The van der Waals surface area contributed by atoms with Gasteiger partial charge in [0.25, 0.3) is 0 Å². The summed E-state index contributed by atoms with van der Waals surface area (Å²) in [6.07, 6.45) is -0.300. The minimum atomic E-state index is -0.300. The molecule has 0 fully saturated rings. The van der Waals surface area contributed by atoms with E-state index in [1.54, 1.807) is 0 Å². The second-order valence-electron chi connectivity index (χ2n) is 14.6. The van der Waals surface area contributed by atoms with Gasteiger partial charge < -0.3 is 9.88 Å². The van der Waals surface area contributed by atoms with Crippen molar-refractivity contribution in [3.63, 3.8) is 0 Å². The van der Waals surface area contributed by atoms with Crippen LogP contribution >= 0.6 is 11.3 Å². The third-order valence-corrected chi connectivity index (χ3v) is 12.6. The van der Waals surface area contributed by atoms with Gasteiger partial charge in [0.1, 0.15) is 12.0 Å². The smallest absolute Gasteiger partial charge is 0.234 e. The Morgan fingerprint density at radius 1 is 0.474 bits per heavy atom. The number of amidine groups is 1. The van der Waals surface area contributed by atoms with Crippen LogP contribution in [0.3, 0.4) is 0 Å². The standard InChI is InChI=1S/C51H33N5S/c1-3-15-32(16-4-1)49-52-50(33-17-5-2-6-18-33)54-51(53-49)56-42-25-11-8-21-39(42)47-35(22-13-26-44(47)56)34-29-30-43-40(31-34)36-19-7-10-24-41(36)55(43)45-27-14-23-38-37-20-9-12-28-46(37)57-48(38)45/h1-31,49H,(H,52,53,54). The fourth-order valence-electron chi connectivity index (χ4n) is 8.87. The molecule has 12 rings (SSSR count). The summed E-state index contributed by atoms with van der Waals surface area (Å²) in [5.74, 6) is 1.45. The molecule has 8 aromatic carbocycles. The number of nitrogens with one attached hydrogen (secondary N) is 1. The van der Waals surface area contributed by atoms with E-state index in [0.29, 0.717) is 5.96 Å². The van der Waals surface area contributed by atoms with Gasteiger partial charge in [-0.15, -0.1) is 11.3 Å². The van der Waals surface area contributed by atoms with Crippen LogP contribution in [0, 0.1) is 0 Å². The van der Waals surface area contributed by atoms with Gasteiger partial charge in [-0.3, -0.25) is 4.57 Å². The van der Waals surface area contributed by atoms with E-state index in [-0.39, 0.29) is 6.17 Å². The summed E-state index contributed by atoms with van der Waals surface area (Å²) < 4.78 is 7.31. The Bertz CT molecular complexity index is 3440. The molecule has 57 heavy (non-hydrogen) atoms. The maximum atomic E-state index is 5.29. The predicted molar refractivity (Wildman–Crippen MR) is 240 cm³/mol. The van der Waals surface area contributed by atoms with Crippen molar-refractivity contribution in [2.45, 2.75) is 6.17 Å². The average molecular weight is 748 g/mol. The number of aromatic nitrogens is 2. The van der Waals surface area contributed by atoms with E-state index < -0.39 is 0 Å². The lowest BCUT2D eigenvalue weighted by molar-refractivity contribution is 0.668. The van der Waals surface area contributed by atoms with Crippen molar-refractivity contribution in [1.82, 2.24) is 14.5 Å². The van der Waals surface area contributed by atoms with Crippen LogP contribution in [0.5, 0.6) is 0 Å². The van der Waals surface area contributed by atoms with Gasteiger partial charge >= 0.3 is 0 Å². The number of rotatable bonds is 4. The number of thiophene rings is 1. The van der Waals surface area contributed by atoms with E-state index in [9.17, 15) is 0 Å². The number of hydrogen-bond donors (Lipinski definition) is 1. The van der Waals surface area contributed by atoms with Crippen molar-refractivity contribution in [3.05, 3.63) is 199 Å². The molecule has 0 aliphatic carbocycles. The number of hydrogen-bond acceptors (Lipinski definition) is 4. The zero-order valence-electron chi connectivity index (χ0n) is 30.7. The van der Waals surface area contributed by atoms with E-state index in [1.165, 1.54) is 64.2 Å². The predicted octanol–water partition coefficient (Wildman–Crippen LogP) is 12.9. The monoisotopic (exact) mass is 747 g/mol. The Morgan fingerprint density at radius 2 is 1.12 bits per heavy atom. The van der Waals surface area contributed by atoms with Crippen molar-refractivity contribution in [2.75, 3.05) is 0 Å². The lowest BCUT2D eigenvalue weighted by atomic mass is 9.98. The van der Waals surface area contributed by atoms with Gasteiger partial charge in [-0.1, -0.05) is 146 Å². The molecule has 3 aromatic heterocycles. The van der Waals surface area contributed by atoms with E-state index in [2.05, 4.69) is 178 Å². The minimum Gasteiger partial charge on any atom is -0.344 e. The van der Waals surface area contributed by atoms with E-state index in [1.807, 2.05) is 35.6 Å².